The molecule has 0 aliphatic rings. The number of ether oxygens (including phenoxy) is 1. The van der Waals surface area contributed by atoms with Crippen molar-refractivity contribution in [3.63, 3.8) is 0 Å². The smallest absolute Gasteiger partial charge is 0.225 e. The number of H-pyrrole nitrogens is 1. The van der Waals surface area contributed by atoms with Crippen molar-refractivity contribution in [1.29, 1.82) is 0 Å². The molecule has 0 amide bonds. The highest BCUT2D eigenvalue weighted by molar-refractivity contribution is 7.11. The fourth-order valence-electron chi connectivity index (χ4n) is 2.87. The van der Waals surface area contributed by atoms with Crippen LogP contribution in [0, 0.1) is 5.82 Å². The Morgan fingerprint density at radius 3 is 2.78 bits per heavy atom. The van der Waals surface area contributed by atoms with Crippen molar-refractivity contribution >= 4 is 39.8 Å². The van der Waals surface area contributed by atoms with Gasteiger partial charge in [-0.2, -0.15) is 0 Å². The predicted molar refractivity (Wildman–Crippen MR) is 102 cm³/mol. The van der Waals surface area contributed by atoms with Gasteiger partial charge in [0.25, 0.3) is 0 Å². The van der Waals surface area contributed by atoms with Crippen molar-refractivity contribution in [1.82, 2.24) is 15.0 Å². The number of ketones is 1. The number of methoxy groups -OCH3 is 1. The van der Waals surface area contributed by atoms with E-state index in [2.05, 4.69) is 15.0 Å². The van der Waals surface area contributed by atoms with E-state index in [1.54, 1.807) is 29.8 Å². The van der Waals surface area contributed by atoms with E-state index in [1.165, 1.54) is 30.6 Å². The number of rotatable bonds is 5. The van der Waals surface area contributed by atoms with E-state index >= 15 is 0 Å². The second kappa shape index (κ2) is 7.09. The number of nitrogens with zero attached hydrogens (tertiary/aromatic N) is 2. The summed E-state index contributed by atoms with van der Waals surface area (Å²) in [4.78, 5) is 24.5. The number of benzene rings is 2. The first-order valence-electron chi connectivity index (χ1n) is 8.00. The van der Waals surface area contributed by atoms with Gasteiger partial charge in [0.1, 0.15) is 22.7 Å². The highest BCUT2D eigenvalue weighted by atomic mass is 35.5. The average Bonchev–Trinajstić information content (AvgIpc) is 3.33. The maximum Gasteiger partial charge on any atom is 0.225 e. The third-order valence-electron chi connectivity index (χ3n) is 4.08. The van der Waals surface area contributed by atoms with Crippen molar-refractivity contribution in [2.24, 2.45) is 0 Å². The molecule has 0 aliphatic heterocycles. The molecule has 4 aromatic rings. The Hall–Kier alpha value is -2.77. The lowest BCUT2D eigenvalue weighted by atomic mass is 10.1. The summed E-state index contributed by atoms with van der Waals surface area (Å²) >= 11 is 7.63. The zero-order valence-corrected chi connectivity index (χ0v) is 15.7. The molecular weight excluding hydrogens is 389 g/mol. The number of thiazole rings is 1. The number of carbonyl (C=O) groups excluding carboxylic acids is 1. The lowest BCUT2D eigenvalue weighted by Gasteiger charge is -2.08. The van der Waals surface area contributed by atoms with Gasteiger partial charge in [0.05, 0.1) is 17.7 Å². The van der Waals surface area contributed by atoms with Gasteiger partial charge in [0, 0.05) is 18.0 Å². The van der Waals surface area contributed by atoms with E-state index in [0.717, 1.165) is 5.56 Å². The number of carbonyl (C=O) groups is 1. The highest BCUT2D eigenvalue weighted by Crippen LogP contribution is 2.35. The monoisotopic (exact) mass is 401 g/mol. The molecule has 4 rings (SSSR count). The van der Waals surface area contributed by atoms with Gasteiger partial charge in [-0.15, -0.1) is 11.3 Å². The minimum Gasteiger partial charge on any atom is -0.494 e. The van der Waals surface area contributed by atoms with E-state index in [9.17, 15) is 9.18 Å². The van der Waals surface area contributed by atoms with Crippen LogP contribution in [-0.2, 0) is 6.42 Å². The zero-order chi connectivity index (χ0) is 19.0. The van der Waals surface area contributed by atoms with Crippen LogP contribution in [0.25, 0.3) is 11.0 Å². The van der Waals surface area contributed by atoms with Crippen molar-refractivity contribution in [2.45, 2.75) is 6.42 Å². The van der Waals surface area contributed by atoms with Gasteiger partial charge in [-0.25, -0.2) is 14.4 Å². The SMILES string of the molecule is COc1c(C(=O)c2nccs2)cc(Cl)c2nc(Cc3ccc(F)cc3)[nH]c12. The molecule has 5 nitrogen and oxygen atoms in total. The normalized spacial score (nSPS) is 11.1. The molecule has 0 saturated heterocycles. The molecule has 136 valence electrons. The number of hydrogen-bond donors (Lipinski definition) is 1. The summed E-state index contributed by atoms with van der Waals surface area (Å²) in [5.41, 5.74) is 2.27. The molecule has 0 fully saturated rings. The number of hydrogen-bond acceptors (Lipinski definition) is 5. The first-order valence-corrected chi connectivity index (χ1v) is 9.26. The van der Waals surface area contributed by atoms with Crippen LogP contribution in [0.3, 0.4) is 0 Å². The molecule has 27 heavy (non-hydrogen) atoms. The Labute approximate surface area is 162 Å². The molecule has 0 unspecified atom stereocenters. The van der Waals surface area contributed by atoms with Crippen molar-refractivity contribution in [3.8, 4) is 5.75 Å². The number of fused-ring (bicyclic) bond motifs is 1. The topological polar surface area (TPSA) is 67.9 Å². The summed E-state index contributed by atoms with van der Waals surface area (Å²) < 4.78 is 18.6. The molecule has 2 aromatic heterocycles. The molecule has 0 aliphatic carbocycles. The van der Waals surface area contributed by atoms with Crippen LogP contribution in [-0.4, -0.2) is 27.8 Å². The van der Waals surface area contributed by atoms with Crippen LogP contribution in [0.15, 0.2) is 41.9 Å². The largest absolute Gasteiger partial charge is 0.494 e. The molecule has 0 radical (unpaired) electrons. The summed E-state index contributed by atoms with van der Waals surface area (Å²) in [6.07, 6.45) is 2.03. The lowest BCUT2D eigenvalue weighted by Crippen LogP contribution is -2.04. The van der Waals surface area contributed by atoms with Crippen LogP contribution in [0.5, 0.6) is 5.75 Å². The van der Waals surface area contributed by atoms with E-state index < -0.39 is 0 Å². The van der Waals surface area contributed by atoms with E-state index in [0.29, 0.717) is 44.6 Å². The predicted octanol–water partition coefficient (Wildman–Crippen LogP) is 4.64. The van der Waals surface area contributed by atoms with Crippen LogP contribution in [0.2, 0.25) is 5.02 Å². The highest BCUT2D eigenvalue weighted by Gasteiger charge is 2.23. The maximum atomic E-state index is 13.1. The third kappa shape index (κ3) is 3.31. The molecule has 2 heterocycles. The van der Waals surface area contributed by atoms with E-state index in [1.807, 2.05) is 0 Å². The number of aromatic nitrogens is 3. The molecular formula is C19H13ClFN3O2S. The van der Waals surface area contributed by atoms with Crippen molar-refractivity contribution < 1.29 is 13.9 Å². The number of imidazole rings is 1. The number of nitrogens with one attached hydrogen (secondary N) is 1. The van der Waals surface area contributed by atoms with Crippen LogP contribution >= 0.6 is 22.9 Å². The minimum absolute atomic E-state index is 0.264. The van der Waals surface area contributed by atoms with Crippen LogP contribution < -0.4 is 4.74 Å². The second-order valence-electron chi connectivity index (χ2n) is 5.82. The summed E-state index contributed by atoms with van der Waals surface area (Å²) in [7, 11) is 1.49. The number of halogens is 2. The molecule has 0 bridgehead atoms. The van der Waals surface area contributed by atoms with E-state index in [4.69, 9.17) is 16.3 Å². The first kappa shape index (κ1) is 17.6. The van der Waals surface area contributed by atoms with Crippen molar-refractivity contribution in [3.05, 3.63) is 74.7 Å². The van der Waals surface area contributed by atoms with Gasteiger partial charge in [-0.1, -0.05) is 23.7 Å². The fourth-order valence-corrected chi connectivity index (χ4v) is 3.70. The van der Waals surface area contributed by atoms with Gasteiger partial charge in [-0.3, -0.25) is 4.79 Å². The van der Waals surface area contributed by atoms with Crippen LogP contribution in [0.4, 0.5) is 4.39 Å². The van der Waals surface area contributed by atoms with E-state index in [-0.39, 0.29) is 11.6 Å². The van der Waals surface area contributed by atoms with Crippen molar-refractivity contribution in [2.75, 3.05) is 7.11 Å². The minimum atomic E-state index is -0.293. The summed E-state index contributed by atoms with van der Waals surface area (Å²) in [6, 6.07) is 7.74. The van der Waals surface area contributed by atoms with Gasteiger partial charge < -0.3 is 9.72 Å². The Morgan fingerprint density at radius 1 is 1.33 bits per heavy atom. The average molecular weight is 402 g/mol. The fraction of sp³-hybridized carbons (Fsp3) is 0.105. The van der Waals surface area contributed by atoms with Gasteiger partial charge >= 0.3 is 0 Å². The zero-order valence-electron chi connectivity index (χ0n) is 14.1. The van der Waals surface area contributed by atoms with Gasteiger partial charge in [-0.05, 0) is 23.8 Å². The summed E-state index contributed by atoms with van der Waals surface area (Å²) in [6.45, 7) is 0. The Morgan fingerprint density at radius 2 is 2.11 bits per heavy atom. The molecule has 1 N–H and O–H groups in total. The third-order valence-corrected chi connectivity index (χ3v) is 5.14. The Kier molecular flexibility index (Phi) is 4.63. The molecule has 2 aromatic carbocycles. The van der Waals surface area contributed by atoms with Gasteiger partial charge in [0.2, 0.25) is 5.78 Å². The number of aromatic amines is 1. The Balaban J connectivity index is 1.79. The second-order valence-corrected chi connectivity index (χ2v) is 7.12. The molecule has 8 heteroatoms. The first-order chi connectivity index (χ1) is 13.1. The summed E-state index contributed by atoms with van der Waals surface area (Å²) in [5.74, 6) is 0.446. The molecule has 0 spiro atoms. The van der Waals surface area contributed by atoms with Crippen LogP contribution in [0.1, 0.15) is 26.8 Å². The summed E-state index contributed by atoms with van der Waals surface area (Å²) in [5, 5.41) is 2.43. The quantitative estimate of drug-likeness (QED) is 0.494. The molecule has 0 saturated carbocycles. The Bertz CT molecular complexity index is 1120. The standard InChI is InChI=1S/C19H13ClFN3O2S/c1-26-18-12(17(25)19-22-6-7-27-19)9-13(20)15-16(18)24-14(23-15)8-10-2-4-11(21)5-3-10/h2-7,9H,8H2,1H3,(H,23,24). The molecule has 0 atom stereocenters. The van der Waals surface area contributed by atoms with Gasteiger partial charge in [0.15, 0.2) is 10.8 Å². The maximum absolute atomic E-state index is 13.1. The lowest BCUT2D eigenvalue weighted by molar-refractivity contribution is 0.103.